The lowest BCUT2D eigenvalue weighted by atomic mass is 10.2. The molecule has 0 bridgehead atoms. The van der Waals surface area contributed by atoms with Gasteiger partial charge in [0.15, 0.2) is 0 Å². The van der Waals surface area contributed by atoms with Gasteiger partial charge in [0.05, 0.1) is 6.20 Å². The van der Waals surface area contributed by atoms with Gasteiger partial charge in [-0.15, -0.1) is 0 Å². The quantitative estimate of drug-likeness (QED) is 0.290. The summed E-state index contributed by atoms with van der Waals surface area (Å²) in [4.78, 5) is 23.2. The van der Waals surface area contributed by atoms with Crippen LogP contribution in [-0.2, 0) is 11.3 Å². The topological polar surface area (TPSA) is 116 Å². The van der Waals surface area contributed by atoms with Crippen LogP contribution in [-0.4, -0.2) is 27.2 Å². The second-order valence-corrected chi connectivity index (χ2v) is 5.46. The summed E-state index contributed by atoms with van der Waals surface area (Å²) in [6.45, 7) is 0.412. The molecule has 0 unspecified atom stereocenters. The summed E-state index contributed by atoms with van der Waals surface area (Å²) in [5.74, 6) is 1.01. The zero-order valence-electron chi connectivity index (χ0n) is 14.1. The Kier molecular flexibility index (Phi) is 5.63. The average Bonchev–Trinajstić information content (AvgIpc) is 2.68. The minimum absolute atomic E-state index is 0.0700. The van der Waals surface area contributed by atoms with E-state index in [1.165, 1.54) is 24.5 Å². The first kappa shape index (κ1) is 17.9. The molecule has 136 valence electrons. The van der Waals surface area contributed by atoms with E-state index < -0.39 is 0 Å². The number of anilines is 3. The van der Waals surface area contributed by atoms with Gasteiger partial charge in [0.2, 0.25) is 6.41 Å². The molecule has 3 aromatic rings. The minimum atomic E-state index is -0.303. The SMILES string of the molecule is N=C(NC=O)c1cc(NCc2ccc(F)cc2)nc(Nc2cnccn2)c1. The third-order valence-corrected chi connectivity index (χ3v) is 3.52. The number of nitrogens with zero attached hydrogens (tertiary/aromatic N) is 3. The second-order valence-electron chi connectivity index (χ2n) is 5.46. The number of amides is 1. The van der Waals surface area contributed by atoms with Crippen LogP contribution in [0.15, 0.2) is 55.0 Å². The largest absolute Gasteiger partial charge is 0.366 e. The van der Waals surface area contributed by atoms with E-state index in [0.717, 1.165) is 5.56 Å². The number of nitrogens with one attached hydrogen (secondary N) is 4. The van der Waals surface area contributed by atoms with Crippen molar-refractivity contribution in [1.29, 1.82) is 5.41 Å². The van der Waals surface area contributed by atoms with Crippen molar-refractivity contribution in [2.45, 2.75) is 6.54 Å². The van der Waals surface area contributed by atoms with Crippen LogP contribution < -0.4 is 16.0 Å². The molecule has 0 aliphatic carbocycles. The van der Waals surface area contributed by atoms with Gasteiger partial charge in [0.25, 0.3) is 0 Å². The highest BCUT2D eigenvalue weighted by molar-refractivity contribution is 6.02. The number of pyridine rings is 1. The number of benzene rings is 1. The summed E-state index contributed by atoms with van der Waals surface area (Å²) in [5.41, 5.74) is 1.32. The van der Waals surface area contributed by atoms with Crippen LogP contribution in [0.25, 0.3) is 0 Å². The molecule has 0 saturated carbocycles. The van der Waals surface area contributed by atoms with Crippen molar-refractivity contribution < 1.29 is 9.18 Å². The monoisotopic (exact) mass is 365 g/mol. The molecule has 3 rings (SSSR count). The molecule has 0 aliphatic heterocycles. The fourth-order valence-electron chi connectivity index (χ4n) is 2.26. The van der Waals surface area contributed by atoms with Crippen molar-refractivity contribution in [3.63, 3.8) is 0 Å². The Morgan fingerprint density at radius 1 is 1.11 bits per heavy atom. The number of carbonyl (C=O) groups excluding carboxylic acids is 1. The molecule has 2 heterocycles. The summed E-state index contributed by atoms with van der Waals surface area (Å²) in [7, 11) is 0. The maximum absolute atomic E-state index is 13.0. The van der Waals surface area contributed by atoms with Crippen LogP contribution >= 0.6 is 0 Å². The van der Waals surface area contributed by atoms with Crippen LogP contribution in [0.2, 0.25) is 0 Å². The van der Waals surface area contributed by atoms with E-state index in [9.17, 15) is 9.18 Å². The Balaban J connectivity index is 1.83. The molecular weight excluding hydrogens is 349 g/mol. The molecule has 0 radical (unpaired) electrons. The third kappa shape index (κ3) is 5.05. The van der Waals surface area contributed by atoms with Crippen molar-refractivity contribution in [2.75, 3.05) is 10.6 Å². The molecule has 4 N–H and O–H groups in total. The summed E-state index contributed by atoms with van der Waals surface area (Å²) < 4.78 is 13.0. The van der Waals surface area contributed by atoms with Crippen molar-refractivity contribution >= 4 is 29.7 Å². The molecular formula is C18H16FN7O. The lowest BCUT2D eigenvalue weighted by molar-refractivity contribution is -0.108. The van der Waals surface area contributed by atoms with Gasteiger partial charge in [-0.1, -0.05) is 12.1 Å². The number of aromatic nitrogens is 3. The van der Waals surface area contributed by atoms with E-state index in [-0.39, 0.29) is 11.7 Å². The van der Waals surface area contributed by atoms with Crippen molar-refractivity contribution in [3.8, 4) is 0 Å². The maximum Gasteiger partial charge on any atom is 0.212 e. The van der Waals surface area contributed by atoms with E-state index in [4.69, 9.17) is 5.41 Å². The van der Waals surface area contributed by atoms with Crippen molar-refractivity contribution in [3.05, 3.63) is 71.9 Å². The normalized spacial score (nSPS) is 10.1. The summed E-state index contributed by atoms with van der Waals surface area (Å²) >= 11 is 0. The predicted molar refractivity (Wildman–Crippen MR) is 99.3 cm³/mol. The fourth-order valence-corrected chi connectivity index (χ4v) is 2.26. The number of halogens is 1. The molecule has 9 heteroatoms. The Hall–Kier alpha value is -3.88. The van der Waals surface area contributed by atoms with Gasteiger partial charge in [-0.2, -0.15) is 0 Å². The standard InChI is InChI=1S/C18H16FN7O/c19-14-3-1-12(2-4-14)9-23-15-7-13(18(20)24-11-27)8-16(25-15)26-17-10-21-5-6-22-17/h1-8,10-11H,9H2,(H2,20,24,27)(H2,22,23,25,26). The van der Waals surface area contributed by atoms with Gasteiger partial charge in [0.1, 0.15) is 29.1 Å². The van der Waals surface area contributed by atoms with Crippen LogP contribution in [0.3, 0.4) is 0 Å². The first-order chi connectivity index (χ1) is 13.1. The number of amidine groups is 1. The average molecular weight is 365 g/mol. The van der Waals surface area contributed by atoms with Crippen LogP contribution in [0.5, 0.6) is 0 Å². The zero-order chi connectivity index (χ0) is 19.1. The highest BCUT2D eigenvalue weighted by atomic mass is 19.1. The molecule has 27 heavy (non-hydrogen) atoms. The van der Waals surface area contributed by atoms with Gasteiger partial charge in [-0.25, -0.2) is 14.4 Å². The minimum Gasteiger partial charge on any atom is -0.366 e. The van der Waals surface area contributed by atoms with E-state index in [1.807, 2.05) is 0 Å². The molecule has 0 aliphatic rings. The summed E-state index contributed by atoms with van der Waals surface area (Å²) in [5, 5.41) is 16.4. The summed E-state index contributed by atoms with van der Waals surface area (Å²) in [6.07, 6.45) is 5.06. The van der Waals surface area contributed by atoms with E-state index >= 15 is 0 Å². The molecule has 0 saturated heterocycles. The first-order valence-electron chi connectivity index (χ1n) is 7.96. The zero-order valence-corrected chi connectivity index (χ0v) is 14.1. The van der Waals surface area contributed by atoms with Crippen LogP contribution in [0.4, 0.5) is 21.8 Å². The first-order valence-corrected chi connectivity index (χ1v) is 7.96. The van der Waals surface area contributed by atoms with Gasteiger partial charge in [-0.05, 0) is 29.8 Å². The third-order valence-electron chi connectivity index (χ3n) is 3.52. The second kappa shape index (κ2) is 8.48. The molecule has 2 aromatic heterocycles. The molecule has 0 atom stereocenters. The number of hydrogen-bond donors (Lipinski definition) is 4. The molecule has 0 fully saturated rings. The van der Waals surface area contributed by atoms with Crippen molar-refractivity contribution in [2.24, 2.45) is 0 Å². The lowest BCUT2D eigenvalue weighted by Gasteiger charge is -2.12. The smallest absolute Gasteiger partial charge is 0.212 e. The Morgan fingerprint density at radius 2 is 1.89 bits per heavy atom. The number of hydrogen-bond acceptors (Lipinski definition) is 7. The Morgan fingerprint density at radius 3 is 2.59 bits per heavy atom. The van der Waals surface area contributed by atoms with E-state index in [2.05, 4.69) is 30.9 Å². The number of carbonyl (C=O) groups is 1. The van der Waals surface area contributed by atoms with Crippen LogP contribution in [0.1, 0.15) is 11.1 Å². The van der Waals surface area contributed by atoms with E-state index in [0.29, 0.717) is 36.0 Å². The molecule has 0 spiro atoms. The Labute approximate surface area is 154 Å². The lowest BCUT2D eigenvalue weighted by Crippen LogP contribution is -2.21. The highest BCUT2D eigenvalue weighted by Crippen LogP contribution is 2.18. The maximum atomic E-state index is 13.0. The fraction of sp³-hybridized carbons (Fsp3) is 0.0556. The van der Waals surface area contributed by atoms with Gasteiger partial charge < -0.3 is 16.0 Å². The van der Waals surface area contributed by atoms with E-state index in [1.54, 1.807) is 30.5 Å². The Bertz CT molecular complexity index is 932. The van der Waals surface area contributed by atoms with Gasteiger partial charge in [0, 0.05) is 24.5 Å². The van der Waals surface area contributed by atoms with Gasteiger partial charge >= 0.3 is 0 Å². The van der Waals surface area contributed by atoms with Gasteiger partial charge in [-0.3, -0.25) is 15.2 Å². The molecule has 8 nitrogen and oxygen atoms in total. The summed E-state index contributed by atoms with van der Waals surface area (Å²) in [6, 6.07) is 9.33. The van der Waals surface area contributed by atoms with Crippen LogP contribution in [0, 0.1) is 11.2 Å². The highest BCUT2D eigenvalue weighted by Gasteiger charge is 2.08. The predicted octanol–water partition coefficient (Wildman–Crippen LogP) is 2.44. The molecule has 1 amide bonds. The molecule has 1 aromatic carbocycles. The van der Waals surface area contributed by atoms with Crippen molar-refractivity contribution in [1.82, 2.24) is 20.3 Å². The number of rotatable bonds is 7.